The molecule has 1 heterocycles. The Hall–Kier alpha value is -2.49. The van der Waals surface area contributed by atoms with E-state index in [2.05, 4.69) is 5.32 Å². The van der Waals surface area contributed by atoms with E-state index in [1.165, 1.54) is 0 Å². The van der Waals surface area contributed by atoms with Gasteiger partial charge in [0.1, 0.15) is 17.2 Å². The van der Waals surface area contributed by atoms with Crippen LogP contribution in [0.25, 0.3) is 21.9 Å². The number of fused-ring (bicyclic) bond motifs is 3. The lowest BCUT2D eigenvalue weighted by Gasteiger charge is -2.13. The van der Waals surface area contributed by atoms with Crippen molar-refractivity contribution in [1.29, 1.82) is 0 Å². The topological polar surface area (TPSA) is 62.5 Å². The van der Waals surface area contributed by atoms with Gasteiger partial charge in [-0.3, -0.25) is 0 Å². The molecule has 0 fully saturated rings. The molecule has 102 valence electrons. The van der Waals surface area contributed by atoms with E-state index in [1.807, 2.05) is 49.4 Å². The Morgan fingerprint density at radius 1 is 1.20 bits per heavy atom. The van der Waals surface area contributed by atoms with Crippen LogP contribution in [0.15, 0.2) is 46.9 Å². The maximum absolute atomic E-state index is 11.1. The van der Waals surface area contributed by atoms with Crippen molar-refractivity contribution in [3.05, 3.63) is 42.5 Å². The quantitative estimate of drug-likeness (QED) is 0.755. The Morgan fingerprint density at radius 3 is 2.70 bits per heavy atom. The molecule has 2 N–H and O–H groups in total. The van der Waals surface area contributed by atoms with Gasteiger partial charge in [0.05, 0.1) is 0 Å². The van der Waals surface area contributed by atoms with Crippen LogP contribution in [0.1, 0.15) is 13.3 Å². The van der Waals surface area contributed by atoms with Crippen LogP contribution >= 0.6 is 0 Å². The van der Waals surface area contributed by atoms with Crippen molar-refractivity contribution in [1.82, 2.24) is 0 Å². The Labute approximate surface area is 116 Å². The summed E-state index contributed by atoms with van der Waals surface area (Å²) < 4.78 is 5.74. The molecule has 3 aromatic rings. The van der Waals surface area contributed by atoms with Gasteiger partial charge in [0.2, 0.25) is 0 Å². The van der Waals surface area contributed by atoms with E-state index >= 15 is 0 Å². The molecule has 4 nitrogen and oxygen atoms in total. The summed E-state index contributed by atoms with van der Waals surface area (Å²) in [4.78, 5) is 11.1. The van der Waals surface area contributed by atoms with Crippen LogP contribution < -0.4 is 5.32 Å². The first-order chi connectivity index (χ1) is 9.69. The summed E-state index contributed by atoms with van der Waals surface area (Å²) in [5.74, 6) is -0.843. The minimum absolute atomic E-state index is 0.527. The molecule has 20 heavy (non-hydrogen) atoms. The average Bonchev–Trinajstić information content (AvgIpc) is 2.82. The van der Waals surface area contributed by atoms with Crippen LogP contribution in [-0.2, 0) is 4.79 Å². The molecule has 4 heteroatoms. The summed E-state index contributed by atoms with van der Waals surface area (Å²) in [7, 11) is 0. The minimum Gasteiger partial charge on any atom is -0.480 e. The monoisotopic (exact) mass is 269 g/mol. The van der Waals surface area contributed by atoms with Gasteiger partial charge in [0.15, 0.2) is 0 Å². The summed E-state index contributed by atoms with van der Waals surface area (Å²) in [6.45, 7) is 1.84. The highest BCUT2D eigenvalue weighted by molar-refractivity contribution is 6.06. The van der Waals surface area contributed by atoms with E-state index in [4.69, 9.17) is 9.52 Å². The average molecular weight is 269 g/mol. The Morgan fingerprint density at radius 2 is 1.95 bits per heavy atom. The molecule has 1 atom stereocenters. The van der Waals surface area contributed by atoms with E-state index in [9.17, 15) is 4.79 Å². The highest BCUT2D eigenvalue weighted by Crippen LogP contribution is 2.30. The van der Waals surface area contributed by atoms with Gasteiger partial charge < -0.3 is 14.8 Å². The zero-order chi connectivity index (χ0) is 14.1. The standard InChI is InChI=1S/C16H15NO3/c1-2-13(16(18)19)17-10-7-8-15-12(9-10)11-5-3-4-6-14(11)20-15/h3-9,13,17H,2H2,1H3,(H,18,19). The van der Waals surface area contributed by atoms with Gasteiger partial charge in [0.25, 0.3) is 0 Å². The van der Waals surface area contributed by atoms with Crippen molar-refractivity contribution >= 4 is 33.6 Å². The molecule has 0 saturated heterocycles. The lowest BCUT2D eigenvalue weighted by molar-refractivity contribution is -0.137. The van der Waals surface area contributed by atoms with Crippen molar-refractivity contribution in [2.45, 2.75) is 19.4 Å². The molecule has 0 aliphatic rings. The first-order valence-electron chi connectivity index (χ1n) is 6.59. The molecule has 0 radical (unpaired) electrons. The second kappa shape index (κ2) is 4.89. The molecule has 0 bridgehead atoms. The molecule has 0 spiro atoms. The van der Waals surface area contributed by atoms with Crippen LogP contribution in [0.4, 0.5) is 5.69 Å². The number of para-hydroxylation sites is 1. The molecule has 1 aromatic heterocycles. The number of rotatable bonds is 4. The molecule has 1 unspecified atom stereocenters. The second-order valence-corrected chi connectivity index (χ2v) is 4.75. The van der Waals surface area contributed by atoms with E-state index in [1.54, 1.807) is 0 Å². The fourth-order valence-corrected chi connectivity index (χ4v) is 2.36. The highest BCUT2D eigenvalue weighted by Gasteiger charge is 2.15. The lowest BCUT2D eigenvalue weighted by atomic mass is 10.1. The third-order valence-corrected chi connectivity index (χ3v) is 3.42. The Balaban J connectivity index is 2.05. The van der Waals surface area contributed by atoms with E-state index in [0.29, 0.717) is 6.42 Å². The lowest BCUT2D eigenvalue weighted by Crippen LogP contribution is -2.28. The van der Waals surface area contributed by atoms with Gasteiger partial charge in [-0.1, -0.05) is 25.1 Å². The number of aliphatic carboxylic acids is 1. The molecule has 2 aromatic carbocycles. The number of benzene rings is 2. The molecular weight excluding hydrogens is 254 g/mol. The number of nitrogens with one attached hydrogen (secondary N) is 1. The van der Waals surface area contributed by atoms with Gasteiger partial charge in [-0.25, -0.2) is 4.79 Å². The molecule has 0 amide bonds. The summed E-state index contributed by atoms with van der Waals surface area (Å²) in [5, 5.41) is 14.2. The SMILES string of the molecule is CCC(Nc1ccc2oc3ccccc3c2c1)C(=O)O. The van der Waals surface area contributed by atoms with Gasteiger partial charge >= 0.3 is 5.97 Å². The Bertz CT molecular complexity index is 776. The summed E-state index contributed by atoms with van der Waals surface area (Å²) in [6, 6.07) is 12.9. The van der Waals surface area contributed by atoms with Crippen LogP contribution in [0.3, 0.4) is 0 Å². The number of hydrogen-bond donors (Lipinski definition) is 2. The van der Waals surface area contributed by atoms with Crippen LogP contribution in [-0.4, -0.2) is 17.1 Å². The molecule has 3 rings (SSSR count). The number of carbonyl (C=O) groups is 1. The van der Waals surface area contributed by atoms with Gasteiger partial charge in [-0.15, -0.1) is 0 Å². The smallest absolute Gasteiger partial charge is 0.326 e. The number of hydrogen-bond acceptors (Lipinski definition) is 3. The molecular formula is C16H15NO3. The predicted octanol–water partition coefficient (Wildman–Crippen LogP) is 3.86. The normalized spacial score (nSPS) is 12.7. The Kier molecular flexibility index (Phi) is 3.06. The van der Waals surface area contributed by atoms with Crippen molar-refractivity contribution in [3.8, 4) is 0 Å². The largest absolute Gasteiger partial charge is 0.480 e. The first-order valence-corrected chi connectivity index (χ1v) is 6.59. The van der Waals surface area contributed by atoms with Gasteiger partial charge in [0, 0.05) is 16.5 Å². The van der Waals surface area contributed by atoms with Crippen molar-refractivity contribution in [2.75, 3.05) is 5.32 Å². The van der Waals surface area contributed by atoms with Crippen molar-refractivity contribution in [3.63, 3.8) is 0 Å². The third-order valence-electron chi connectivity index (χ3n) is 3.42. The molecule has 0 aliphatic carbocycles. The van der Waals surface area contributed by atoms with Crippen LogP contribution in [0.2, 0.25) is 0 Å². The molecule has 0 saturated carbocycles. The zero-order valence-corrected chi connectivity index (χ0v) is 11.1. The fourth-order valence-electron chi connectivity index (χ4n) is 2.36. The number of anilines is 1. The number of carboxylic acid groups (broad SMARTS) is 1. The second-order valence-electron chi connectivity index (χ2n) is 4.75. The van der Waals surface area contributed by atoms with Crippen LogP contribution in [0, 0.1) is 0 Å². The van der Waals surface area contributed by atoms with Gasteiger partial charge in [-0.2, -0.15) is 0 Å². The molecule has 0 aliphatic heterocycles. The maximum atomic E-state index is 11.1. The predicted molar refractivity (Wildman–Crippen MR) is 79.1 cm³/mol. The summed E-state index contributed by atoms with van der Waals surface area (Å²) in [5.41, 5.74) is 2.43. The first kappa shape index (κ1) is 12.5. The van der Waals surface area contributed by atoms with E-state index in [-0.39, 0.29) is 0 Å². The minimum atomic E-state index is -0.843. The van der Waals surface area contributed by atoms with Crippen LogP contribution in [0.5, 0.6) is 0 Å². The van der Waals surface area contributed by atoms with Crippen molar-refractivity contribution in [2.24, 2.45) is 0 Å². The van der Waals surface area contributed by atoms with E-state index in [0.717, 1.165) is 27.6 Å². The highest BCUT2D eigenvalue weighted by atomic mass is 16.4. The fraction of sp³-hybridized carbons (Fsp3) is 0.188. The van der Waals surface area contributed by atoms with Crippen molar-refractivity contribution < 1.29 is 14.3 Å². The third kappa shape index (κ3) is 2.09. The maximum Gasteiger partial charge on any atom is 0.326 e. The summed E-state index contributed by atoms with van der Waals surface area (Å²) in [6.07, 6.45) is 0.527. The van der Waals surface area contributed by atoms with E-state index < -0.39 is 12.0 Å². The number of furan rings is 1. The zero-order valence-electron chi connectivity index (χ0n) is 11.1. The summed E-state index contributed by atoms with van der Waals surface area (Å²) >= 11 is 0. The number of carboxylic acids is 1. The van der Waals surface area contributed by atoms with Gasteiger partial charge in [-0.05, 0) is 30.7 Å².